The third-order valence-electron chi connectivity index (χ3n) is 3.55. The molecule has 1 saturated carbocycles. The van der Waals surface area contributed by atoms with Crippen LogP contribution in [0.3, 0.4) is 0 Å². The molecule has 1 N–H and O–H groups in total. The first-order valence-corrected chi connectivity index (χ1v) is 6.87. The average Bonchev–Trinajstić information content (AvgIpc) is 3.31. The van der Waals surface area contributed by atoms with Crippen LogP contribution in [0.1, 0.15) is 28.8 Å². The van der Waals surface area contributed by atoms with Gasteiger partial charge in [-0.3, -0.25) is 9.59 Å². The standard InChI is InChI=1S/C16H15FN2O2/c17-13-4-1-11(2-5-13)10-19(14-6-7-14)16(21)12-3-8-15(20)18-9-12/h1-5,8-9,14H,6-7,10H2,(H,18,20). The van der Waals surface area contributed by atoms with E-state index >= 15 is 0 Å². The molecule has 1 heterocycles. The molecule has 2 aromatic rings. The molecule has 1 aromatic carbocycles. The minimum Gasteiger partial charge on any atom is -0.331 e. The van der Waals surface area contributed by atoms with Crippen LogP contribution >= 0.6 is 0 Å². The van der Waals surface area contributed by atoms with E-state index < -0.39 is 0 Å². The van der Waals surface area contributed by atoms with Crippen LogP contribution in [0, 0.1) is 5.82 Å². The van der Waals surface area contributed by atoms with E-state index in [-0.39, 0.29) is 23.3 Å². The zero-order chi connectivity index (χ0) is 14.8. The lowest BCUT2D eigenvalue weighted by molar-refractivity contribution is 0.0729. The first-order valence-electron chi connectivity index (χ1n) is 6.87. The van der Waals surface area contributed by atoms with Gasteiger partial charge in [-0.05, 0) is 36.6 Å². The molecule has 0 saturated heterocycles. The molecule has 1 fully saturated rings. The molecule has 108 valence electrons. The predicted octanol–water partition coefficient (Wildman–Crippen LogP) is 2.32. The molecule has 4 nitrogen and oxygen atoms in total. The number of carbonyl (C=O) groups is 1. The van der Waals surface area contributed by atoms with E-state index in [1.54, 1.807) is 17.0 Å². The van der Waals surface area contributed by atoms with Gasteiger partial charge < -0.3 is 9.88 Å². The van der Waals surface area contributed by atoms with Crippen molar-refractivity contribution in [3.05, 3.63) is 69.9 Å². The number of amides is 1. The monoisotopic (exact) mass is 286 g/mol. The van der Waals surface area contributed by atoms with Crippen LogP contribution in [-0.2, 0) is 6.54 Å². The van der Waals surface area contributed by atoms with E-state index in [1.165, 1.54) is 30.5 Å². The SMILES string of the molecule is O=C(c1ccc(=O)[nH]c1)N(Cc1ccc(F)cc1)C1CC1. The molecule has 0 atom stereocenters. The maximum Gasteiger partial charge on any atom is 0.255 e. The highest BCUT2D eigenvalue weighted by Crippen LogP contribution is 2.29. The number of H-pyrrole nitrogens is 1. The third-order valence-corrected chi connectivity index (χ3v) is 3.55. The Morgan fingerprint density at radius 2 is 1.90 bits per heavy atom. The second kappa shape index (κ2) is 5.52. The summed E-state index contributed by atoms with van der Waals surface area (Å²) in [5.74, 6) is -0.401. The van der Waals surface area contributed by atoms with E-state index in [0.717, 1.165) is 18.4 Å². The Balaban J connectivity index is 1.81. The van der Waals surface area contributed by atoms with Crippen LogP contribution in [0.2, 0.25) is 0 Å². The number of halogens is 1. The zero-order valence-electron chi connectivity index (χ0n) is 11.4. The van der Waals surface area contributed by atoms with Crippen molar-refractivity contribution in [2.45, 2.75) is 25.4 Å². The summed E-state index contributed by atoms with van der Waals surface area (Å²) >= 11 is 0. The number of benzene rings is 1. The minimum atomic E-state index is -0.288. The highest BCUT2D eigenvalue weighted by atomic mass is 19.1. The molecule has 1 amide bonds. The number of nitrogens with zero attached hydrogens (tertiary/aromatic N) is 1. The maximum absolute atomic E-state index is 12.9. The Morgan fingerprint density at radius 1 is 1.19 bits per heavy atom. The number of pyridine rings is 1. The Morgan fingerprint density at radius 3 is 2.48 bits per heavy atom. The average molecular weight is 286 g/mol. The van der Waals surface area contributed by atoms with Gasteiger partial charge in [-0.25, -0.2) is 4.39 Å². The van der Waals surface area contributed by atoms with E-state index in [0.29, 0.717) is 12.1 Å². The van der Waals surface area contributed by atoms with Crippen molar-refractivity contribution < 1.29 is 9.18 Å². The summed E-state index contributed by atoms with van der Waals surface area (Å²) in [5.41, 5.74) is 1.12. The van der Waals surface area contributed by atoms with Crippen molar-refractivity contribution in [2.24, 2.45) is 0 Å². The Kier molecular flexibility index (Phi) is 3.56. The maximum atomic E-state index is 12.9. The van der Waals surface area contributed by atoms with Crippen LogP contribution in [0.5, 0.6) is 0 Å². The molecular formula is C16H15FN2O2. The number of aromatic nitrogens is 1. The minimum absolute atomic E-state index is 0.113. The van der Waals surface area contributed by atoms with Gasteiger partial charge in [0.25, 0.3) is 5.91 Å². The Labute approximate surface area is 121 Å². The lowest BCUT2D eigenvalue weighted by Crippen LogP contribution is -2.33. The third kappa shape index (κ3) is 3.18. The van der Waals surface area contributed by atoms with Crippen LogP contribution in [0.25, 0.3) is 0 Å². The molecular weight excluding hydrogens is 271 g/mol. The molecule has 1 aliphatic rings. The van der Waals surface area contributed by atoms with E-state index in [9.17, 15) is 14.0 Å². The number of rotatable bonds is 4. The van der Waals surface area contributed by atoms with Gasteiger partial charge in [-0.15, -0.1) is 0 Å². The lowest BCUT2D eigenvalue weighted by Gasteiger charge is -2.22. The van der Waals surface area contributed by atoms with Crippen molar-refractivity contribution in [2.75, 3.05) is 0 Å². The molecule has 0 unspecified atom stereocenters. The van der Waals surface area contributed by atoms with Crippen molar-refractivity contribution >= 4 is 5.91 Å². The molecule has 0 aliphatic heterocycles. The first-order chi connectivity index (χ1) is 10.1. The van der Waals surface area contributed by atoms with Crippen LogP contribution in [0.15, 0.2) is 47.4 Å². The largest absolute Gasteiger partial charge is 0.331 e. The summed E-state index contributed by atoms with van der Waals surface area (Å²) in [7, 11) is 0. The topological polar surface area (TPSA) is 53.2 Å². The van der Waals surface area contributed by atoms with E-state index in [1.807, 2.05) is 0 Å². The van der Waals surface area contributed by atoms with Crippen LogP contribution in [-0.4, -0.2) is 21.8 Å². The fraction of sp³-hybridized carbons (Fsp3) is 0.250. The first kappa shape index (κ1) is 13.5. The molecule has 0 spiro atoms. The number of nitrogens with one attached hydrogen (secondary N) is 1. The smallest absolute Gasteiger partial charge is 0.255 e. The number of hydrogen-bond donors (Lipinski definition) is 1. The molecule has 1 aromatic heterocycles. The van der Waals surface area contributed by atoms with Gasteiger partial charge in [-0.1, -0.05) is 12.1 Å². The Hall–Kier alpha value is -2.43. The highest BCUT2D eigenvalue weighted by Gasteiger charge is 2.33. The van der Waals surface area contributed by atoms with E-state index in [4.69, 9.17) is 0 Å². The van der Waals surface area contributed by atoms with Gasteiger partial charge in [0.2, 0.25) is 5.56 Å². The molecule has 5 heteroatoms. The molecule has 3 rings (SSSR count). The van der Waals surface area contributed by atoms with Crippen molar-refractivity contribution in [3.8, 4) is 0 Å². The summed E-state index contributed by atoms with van der Waals surface area (Å²) in [6.45, 7) is 0.447. The van der Waals surface area contributed by atoms with E-state index in [2.05, 4.69) is 4.98 Å². The number of carbonyl (C=O) groups excluding carboxylic acids is 1. The quantitative estimate of drug-likeness (QED) is 0.937. The number of aromatic amines is 1. The summed E-state index contributed by atoms with van der Waals surface area (Å²) in [5, 5.41) is 0. The second-order valence-corrected chi connectivity index (χ2v) is 5.23. The van der Waals surface area contributed by atoms with Crippen LogP contribution < -0.4 is 5.56 Å². The molecule has 1 aliphatic carbocycles. The molecule has 0 radical (unpaired) electrons. The van der Waals surface area contributed by atoms with Gasteiger partial charge in [0.15, 0.2) is 0 Å². The van der Waals surface area contributed by atoms with Gasteiger partial charge in [-0.2, -0.15) is 0 Å². The zero-order valence-corrected chi connectivity index (χ0v) is 11.4. The van der Waals surface area contributed by atoms with Gasteiger partial charge in [0.05, 0.1) is 5.56 Å². The van der Waals surface area contributed by atoms with Gasteiger partial charge in [0, 0.05) is 24.8 Å². The fourth-order valence-corrected chi connectivity index (χ4v) is 2.25. The summed E-state index contributed by atoms with van der Waals surface area (Å²) in [6, 6.07) is 9.26. The summed E-state index contributed by atoms with van der Waals surface area (Å²) in [4.78, 5) is 27.9. The predicted molar refractivity (Wildman–Crippen MR) is 76.4 cm³/mol. The normalized spacial score (nSPS) is 14.0. The lowest BCUT2D eigenvalue weighted by atomic mass is 10.2. The van der Waals surface area contributed by atoms with Gasteiger partial charge >= 0.3 is 0 Å². The van der Waals surface area contributed by atoms with Crippen molar-refractivity contribution in [3.63, 3.8) is 0 Å². The van der Waals surface area contributed by atoms with Crippen molar-refractivity contribution in [1.29, 1.82) is 0 Å². The van der Waals surface area contributed by atoms with Gasteiger partial charge in [0.1, 0.15) is 5.82 Å². The fourth-order valence-electron chi connectivity index (χ4n) is 2.25. The van der Waals surface area contributed by atoms with Crippen LogP contribution in [0.4, 0.5) is 4.39 Å². The van der Waals surface area contributed by atoms with Crippen molar-refractivity contribution in [1.82, 2.24) is 9.88 Å². The molecule has 0 bridgehead atoms. The summed E-state index contributed by atoms with van der Waals surface area (Å²) < 4.78 is 12.9. The Bertz CT molecular complexity index is 684. The number of hydrogen-bond acceptors (Lipinski definition) is 2. The second-order valence-electron chi connectivity index (χ2n) is 5.23. The molecule has 21 heavy (non-hydrogen) atoms. The summed E-state index contributed by atoms with van der Waals surface area (Å²) in [6.07, 6.45) is 3.40. The highest BCUT2D eigenvalue weighted by molar-refractivity contribution is 5.94.